The van der Waals surface area contributed by atoms with Gasteiger partial charge in [0.05, 0.1) is 0 Å². The second-order valence-electron chi connectivity index (χ2n) is 1.84. The summed E-state index contributed by atoms with van der Waals surface area (Å²) in [6, 6.07) is 4.20. The highest BCUT2D eigenvalue weighted by molar-refractivity contribution is 9.50. The molecule has 0 atom stereocenters. The van der Waals surface area contributed by atoms with Gasteiger partial charge in [-0.05, 0) is 9.55 Å². The van der Waals surface area contributed by atoms with Crippen LogP contribution in [0.2, 0.25) is 0 Å². The molecule has 1 rings (SSSR count). The van der Waals surface area contributed by atoms with E-state index in [2.05, 4.69) is 75.2 Å². The van der Waals surface area contributed by atoms with Gasteiger partial charge < -0.3 is 0 Å². The van der Waals surface area contributed by atoms with Gasteiger partial charge in [-0.3, -0.25) is 0 Å². The van der Waals surface area contributed by atoms with Gasteiger partial charge in [0.1, 0.15) is 0 Å². The van der Waals surface area contributed by atoms with E-state index in [-0.39, 0.29) is 8.72 Å². The molecule has 0 bridgehead atoms. The number of thiophene rings is 1. The van der Waals surface area contributed by atoms with Crippen molar-refractivity contribution in [1.82, 2.24) is 0 Å². The van der Waals surface area contributed by atoms with Gasteiger partial charge in [0, 0.05) is 0 Å². The fourth-order valence-corrected chi connectivity index (χ4v) is 3.06. The van der Waals surface area contributed by atoms with Crippen molar-refractivity contribution in [3.63, 3.8) is 0 Å². The van der Waals surface area contributed by atoms with Crippen LogP contribution in [0.1, 0.15) is 0 Å². The maximum absolute atomic E-state index is 3.44. The number of hydrogen-bond donors (Lipinski definition) is 0. The predicted octanol–water partition coefficient (Wildman–Crippen LogP) is 2.72. The molecule has 0 saturated heterocycles. The van der Waals surface area contributed by atoms with Gasteiger partial charge in [0.25, 0.3) is 0 Å². The van der Waals surface area contributed by atoms with Crippen LogP contribution in [0.4, 0.5) is 0 Å². The molecule has 0 unspecified atom stereocenters. The van der Waals surface area contributed by atoms with E-state index in [1.807, 2.05) is 0 Å². The van der Waals surface area contributed by atoms with E-state index in [9.17, 15) is 0 Å². The second kappa shape index (κ2) is 4.84. The van der Waals surface area contributed by atoms with Crippen LogP contribution in [0.3, 0.4) is 0 Å². The van der Waals surface area contributed by atoms with E-state index in [1.165, 1.54) is 9.55 Å². The quantitative estimate of drug-likeness (QED) is 0.642. The first-order chi connectivity index (χ1) is 5.11. The highest BCUT2D eigenvalue weighted by Crippen LogP contribution is 2.10. The molecule has 0 radical (unpaired) electrons. The normalized spacial score (nSPS) is 9.82. The van der Waals surface area contributed by atoms with Crippen LogP contribution in [0, 0.1) is 0 Å². The van der Waals surface area contributed by atoms with Crippen LogP contribution in [0.5, 0.6) is 0 Å². The smallest absolute Gasteiger partial charge is 0.161 e. The van der Waals surface area contributed by atoms with Gasteiger partial charge >= 0.3 is 8.72 Å². The molecule has 1 aromatic rings. The summed E-state index contributed by atoms with van der Waals surface area (Å²) in [6.45, 7) is 0. The Bertz CT molecular complexity index is 213. The fourth-order valence-electron chi connectivity index (χ4n) is 0.603. The van der Waals surface area contributed by atoms with Crippen molar-refractivity contribution in [3.05, 3.63) is 12.1 Å². The van der Waals surface area contributed by atoms with Crippen LogP contribution in [0.25, 0.3) is 0 Å². The standard InChI is InChI=1S/C4H2B2Br4S/c7-5(8)3-1-2-4(11-3)6(9)10/h1-2H. The van der Waals surface area contributed by atoms with Crippen LogP contribution in [0.15, 0.2) is 12.1 Å². The summed E-state index contributed by atoms with van der Waals surface area (Å²) >= 11 is 15.5. The number of hydrogen-bond acceptors (Lipinski definition) is 1. The molecule has 11 heavy (non-hydrogen) atoms. The molecule has 0 aliphatic rings. The van der Waals surface area contributed by atoms with Crippen molar-refractivity contribution < 1.29 is 0 Å². The summed E-state index contributed by atoms with van der Waals surface area (Å²) in [4.78, 5) is 0. The Morgan fingerprint density at radius 3 is 1.45 bits per heavy atom. The SMILES string of the molecule is BrB(Br)c1ccc(B(Br)Br)s1. The van der Waals surface area contributed by atoms with Gasteiger partial charge in [0.15, 0.2) is 0 Å². The molecule has 0 aliphatic carbocycles. The molecule has 7 heteroatoms. The van der Waals surface area contributed by atoms with Crippen molar-refractivity contribution in [3.8, 4) is 0 Å². The largest absolute Gasteiger partial charge is 0.339 e. The topological polar surface area (TPSA) is 0 Å². The number of rotatable bonds is 2. The lowest BCUT2D eigenvalue weighted by molar-refractivity contribution is 2.12. The minimum Gasteiger partial charge on any atom is -0.161 e. The lowest BCUT2D eigenvalue weighted by Crippen LogP contribution is -2.15. The summed E-state index contributed by atoms with van der Waals surface area (Å²) in [5.74, 6) is 0. The van der Waals surface area contributed by atoms with E-state index in [0.717, 1.165) is 0 Å². The van der Waals surface area contributed by atoms with E-state index >= 15 is 0 Å². The maximum atomic E-state index is 3.44. The molecule has 0 amide bonds. The molecule has 1 heterocycles. The highest BCUT2D eigenvalue weighted by atomic mass is 79.9. The molecule has 0 fully saturated rings. The van der Waals surface area contributed by atoms with Crippen molar-refractivity contribution in [2.24, 2.45) is 0 Å². The minimum absolute atomic E-state index is 0.271. The fraction of sp³-hybridized carbons (Fsp3) is 0. The van der Waals surface area contributed by atoms with Gasteiger partial charge in [0.2, 0.25) is 0 Å². The minimum atomic E-state index is 0.271. The van der Waals surface area contributed by atoms with Crippen LogP contribution < -0.4 is 9.55 Å². The molecule has 58 valence electrons. The molecule has 0 spiro atoms. The van der Waals surface area contributed by atoms with Gasteiger partial charge in [-0.15, -0.1) is 63.0 Å². The van der Waals surface area contributed by atoms with Crippen molar-refractivity contribution >= 4 is 92.6 Å². The van der Waals surface area contributed by atoms with E-state index in [4.69, 9.17) is 0 Å². The predicted molar refractivity (Wildman–Crippen MR) is 70.8 cm³/mol. The first kappa shape index (κ1) is 10.8. The third-order valence-corrected chi connectivity index (χ3v) is 5.48. The van der Waals surface area contributed by atoms with E-state index in [1.54, 1.807) is 11.3 Å². The summed E-state index contributed by atoms with van der Waals surface area (Å²) < 4.78 is 3.10. The third kappa shape index (κ3) is 3.18. The van der Waals surface area contributed by atoms with E-state index < -0.39 is 0 Å². The summed E-state index contributed by atoms with van der Waals surface area (Å²) in [5.41, 5.74) is 0. The second-order valence-corrected chi connectivity index (χ2v) is 9.11. The summed E-state index contributed by atoms with van der Waals surface area (Å²) in [6.07, 6.45) is 0. The van der Waals surface area contributed by atoms with Crippen molar-refractivity contribution in [2.45, 2.75) is 0 Å². The van der Waals surface area contributed by atoms with Crippen LogP contribution >= 0.6 is 74.4 Å². The van der Waals surface area contributed by atoms with Crippen molar-refractivity contribution in [2.75, 3.05) is 0 Å². The van der Waals surface area contributed by atoms with Gasteiger partial charge in [-0.25, -0.2) is 0 Å². The van der Waals surface area contributed by atoms with Crippen LogP contribution in [-0.4, -0.2) is 8.72 Å². The molecule has 0 saturated carbocycles. The Balaban J connectivity index is 2.82. The first-order valence-corrected chi connectivity index (χ1v) is 7.25. The zero-order valence-corrected chi connectivity index (χ0v) is 12.4. The average Bonchev–Trinajstić information content (AvgIpc) is 2.33. The van der Waals surface area contributed by atoms with Crippen LogP contribution in [-0.2, 0) is 0 Å². The Kier molecular flexibility index (Phi) is 4.76. The van der Waals surface area contributed by atoms with Gasteiger partial charge in [-0.2, -0.15) is 11.3 Å². The molecule has 0 aliphatic heterocycles. The molecule has 0 N–H and O–H groups in total. The molecular formula is C4H2B2Br4S. The molecule has 0 nitrogen and oxygen atoms in total. The lowest BCUT2D eigenvalue weighted by Gasteiger charge is -1.91. The third-order valence-electron chi connectivity index (χ3n) is 1.08. The Morgan fingerprint density at radius 2 is 1.27 bits per heavy atom. The average molecular weight is 423 g/mol. The first-order valence-electron chi connectivity index (χ1n) is 2.77. The Morgan fingerprint density at radius 1 is 0.909 bits per heavy atom. The Hall–Kier alpha value is 1.75. The van der Waals surface area contributed by atoms with E-state index in [0.29, 0.717) is 0 Å². The monoisotopic (exact) mass is 420 g/mol. The zero-order valence-electron chi connectivity index (χ0n) is 5.23. The number of halogens is 4. The lowest BCUT2D eigenvalue weighted by atomic mass is 10.1. The van der Waals surface area contributed by atoms with Gasteiger partial charge in [-0.1, -0.05) is 12.1 Å². The summed E-state index contributed by atoms with van der Waals surface area (Å²) in [5, 5.41) is 0. The molecule has 1 aromatic heterocycles. The summed E-state index contributed by atoms with van der Waals surface area (Å²) in [7, 11) is 0. The van der Waals surface area contributed by atoms with Crippen molar-refractivity contribution in [1.29, 1.82) is 0 Å². The molecular weight excluding hydrogens is 421 g/mol. The Labute approximate surface area is 104 Å². The maximum Gasteiger partial charge on any atom is 0.339 e. The molecule has 0 aromatic carbocycles. The highest BCUT2D eigenvalue weighted by Gasteiger charge is 2.15. The zero-order chi connectivity index (χ0) is 8.43.